The number of rotatable bonds is 3. The molecule has 90 valence electrons. The summed E-state index contributed by atoms with van der Waals surface area (Å²) in [6.07, 6.45) is 3.39. The summed E-state index contributed by atoms with van der Waals surface area (Å²) >= 11 is 7.20. The van der Waals surface area contributed by atoms with Crippen LogP contribution in [0.25, 0.3) is 0 Å². The van der Waals surface area contributed by atoms with E-state index in [1.807, 2.05) is 19.1 Å². The minimum absolute atomic E-state index is 0.0631. The summed E-state index contributed by atoms with van der Waals surface area (Å²) in [5.41, 5.74) is 3.29. The van der Waals surface area contributed by atoms with E-state index >= 15 is 0 Å². The zero-order valence-corrected chi connectivity index (χ0v) is 12.7. The van der Waals surface area contributed by atoms with Gasteiger partial charge in [0, 0.05) is 15.6 Å². The van der Waals surface area contributed by atoms with E-state index < -0.39 is 0 Å². The second-order valence-corrected chi connectivity index (χ2v) is 5.53. The maximum atomic E-state index is 5.42. The molecule has 0 spiro atoms. The van der Waals surface area contributed by atoms with E-state index in [1.54, 1.807) is 19.6 Å². The van der Waals surface area contributed by atoms with Gasteiger partial charge in [0.2, 0.25) is 0 Å². The van der Waals surface area contributed by atoms with Crippen molar-refractivity contribution in [3.8, 4) is 5.75 Å². The molecule has 0 N–H and O–H groups in total. The van der Waals surface area contributed by atoms with Crippen molar-refractivity contribution in [2.45, 2.75) is 11.8 Å². The van der Waals surface area contributed by atoms with Gasteiger partial charge in [-0.25, -0.2) is 0 Å². The lowest BCUT2D eigenvalue weighted by molar-refractivity contribution is 0.410. The van der Waals surface area contributed by atoms with Gasteiger partial charge in [0.05, 0.1) is 24.5 Å². The Bertz CT molecular complexity index is 506. The molecule has 0 aliphatic carbocycles. The highest BCUT2D eigenvalue weighted by Gasteiger charge is 2.17. The standard InChI is InChI=1S/C13H12Br2O2/c1-8-5-12(16-2)10(6-11(8)14)13(15)9-3-4-17-7-9/h3-7,13H,1-2H3. The van der Waals surface area contributed by atoms with Crippen molar-refractivity contribution in [3.63, 3.8) is 0 Å². The molecule has 17 heavy (non-hydrogen) atoms. The first-order valence-electron chi connectivity index (χ1n) is 5.13. The molecule has 1 heterocycles. The fourth-order valence-electron chi connectivity index (χ4n) is 1.64. The zero-order chi connectivity index (χ0) is 12.4. The van der Waals surface area contributed by atoms with E-state index in [-0.39, 0.29) is 4.83 Å². The number of alkyl halides is 1. The molecule has 2 rings (SSSR count). The van der Waals surface area contributed by atoms with Crippen molar-refractivity contribution in [2.75, 3.05) is 7.11 Å². The lowest BCUT2D eigenvalue weighted by atomic mass is 10.0. The monoisotopic (exact) mass is 358 g/mol. The molecule has 2 nitrogen and oxygen atoms in total. The van der Waals surface area contributed by atoms with Crippen LogP contribution in [-0.4, -0.2) is 7.11 Å². The van der Waals surface area contributed by atoms with Crippen LogP contribution in [-0.2, 0) is 0 Å². The first-order chi connectivity index (χ1) is 8.13. The first-order valence-corrected chi connectivity index (χ1v) is 6.84. The topological polar surface area (TPSA) is 22.4 Å². The molecule has 0 saturated heterocycles. The summed E-state index contributed by atoms with van der Waals surface area (Å²) in [6.45, 7) is 2.04. The number of methoxy groups -OCH3 is 1. The van der Waals surface area contributed by atoms with Gasteiger partial charge in [-0.15, -0.1) is 0 Å². The Hall–Kier alpha value is -0.740. The van der Waals surface area contributed by atoms with Crippen LogP contribution in [0.1, 0.15) is 21.5 Å². The molecule has 0 bridgehead atoms. The van der Waals surface area contributed by atoms with Gasteiger partial charge in [-0.05, 0) is 30.7 Å². The SMILES string of the molecule is COc1cc(C)c(Br)cc1C(Br)c1ccoc1. The maximum absolute atomic E-state index is 5.42. The van der Waals surface area contributed by atoms with Crippen molar-refractivity contribution in [1.82, 2.24) is 0 Å². The van der Waals surface area contributed by atoms with Gasteiger partial charge >= 0.3 is 0 Å². The molecule has 1 atom stereocenters. The lowest BCUT2D eigenvalue weighted by Gasteiger charge is -2.15. The van der Waals surface area contributed by atoms with E-state index in [0.29, 0.717) is 0 Å². The molecule has 2 aromatic rings. The fourth-order valence-corrected chi connectivity index (χ4v) is 2.62. The van der Waals surface area contributed by atoms with Gasteiger partial charge in [-0.3, -0.25) is 0 Å². The predicted molar refractivity (Wildman–Crippen MR) is 74.9 cm³/mol. The number of hydrogen-bond acceptors (Lipinski definition) is 2. The summed E-state index contributed by atoms with van der Waals surface area (Å²) in [5, 5.41) is 0. The first kappa shape index (κ1) is 12.7. The Balaban J connectivity index is 2.47. The molecular weight excluding hydrogens is 348 g/mol. The molecule has 1 aromatic carbocycles. The summed E-state index contributed by atoms with van der Waals surface area (Å²) in [4.78, 5) is 0.0631. The summed E-state index contributed by atoms with van der Waals surface area (Å²) in [6, 6.07) is 6.03. The van der Waals surface area contributed by atoms with Gasteiger partial charge < -0.3 is 9.15 Å². The zero-order valence-electron chi connectivity index (χ0n) is 9.54. The van der Waals surface area contributed by atoms with E-state index in [4.69, 9.17) is 9.15 Å². The largest absolute Gasteiger partial charge is 0.496 e. The van der Waals surface area contributed by atoms with Gasteiger partial charge in [-0.1, -0.05) is 31.9 Å². The van der Waals surface area contributed by atoms with Crippen LogP contribution in [0.3, 0.4) is 0 Å². The second-order valence-electron chi connectivity index (χ2n) is 3.76. The number of ether oxygens (including phenoxy) is 1. The molecular formula is C13H12Br2O2. The molecule has 4 heteroatoms. The van der Waals surface area contributed by atoms with Gasteiger partial charge in [0.15, 0.2) is 0 Å². The highest BCUT2D eigenvalue weighted by Crippen LogP contribution is 2.39. The Morgan fingerprint density at radius 1 is 1.35 bits per heavy atom. The van der Waals surface area contributed by atoms with Crippen LogP contribution in [0.2, 0.25) is 0 Å². The average Bonchev–Trinajstić information content (AvgIpc) is 2.84. The van der Waals surface area contributed by atoms with Crippen molar-refractivity contribution in [1.29, 1.82) is 0 Å². The summed E-state index contributed by atoms with van der Waals surface area (Å²) in [5.74, 6) is 0.869. The van der Waals surface area contributed by atoms with Crippen LogP contribution < -0.4 is 4.74 Å². The number of halogens is 2. The minimum atomic E-state index is 0.0631. The highest BCUT2D eigenvalue weighted by atomic mass is 79.9. The summed E-state index contributed by atoms with van der Waals surface area (Å²) in [7, 11) is 1.68. The third-order valence-electron chi connectivity index (χ3n) is 2.62. The molecule has 0 aliphatic heterocycles. The van der Waals surface area contributed by atoms with Crippen LogP contribution in [0.5, 0.6) is 5.75 Å². The van der Waals surface area contributed by atoms with Crippen molar-refractivity contribution in [3.05, 3.63) is 51.9 Å². The molecule has 0 radical (unpaired) electrons. The molecule has 1 unspecified atom stereocenters. The normalized spacial score (nSPS) is 12.5. The van der Waals surface area contributed by atoms with Gasteiger partial charge in [0.1, 0.15) is 5.75 Å². The van der Waals surface area contributed by atoms with E-state index in [1.165, 1.54) is 0 Å². The summed E-state index contributed by atoms with van der Waals surface area (Å²) < 4.78 is 11.6. The lowest BCUT2D eigenvalue weighted by Crippen LogP contribution is -1.97. The Labute approximate surface area is 117 Å². The van der Waals surface area contributed by atoms with Crippen molar-refractivity contribution >= 4 is 31.9 Å². The second kappa shape index (κ2) is 5.27. The Morgan fingerprint density at radius 3 is 2.71 bits per heavy atom. The quantitative estimate of drug-likeness (QED) is 0.731. The van der Waals surface area contributed by atoms with Crippen LogP contribution in [0.15, 0.2) is 39.6 Å². The maximum Gasteiger partial charge on any atom is 0.123 e. The fraction of sp³-hybridized carbons (Fsp3) is 0.231. The average molecular weight is 360 g/mol. The number of benzene rings is 1. The Kier molecular flexibility index (Phi) is 3.94. The van der Waals surface area contributed by atoms with Gasteiger partial charge in [0.25, 0.3) is 0 Å². The van der Waals surface area contributed by atoms with Crippen LogP contribution >= 0.6 is 31.9 Å². The molecule has 0 amide bonds. The van der Waals surface area contributed by atoms with Gasteiger partial charge in [-0.2, -0.15) is 0 Å². The van der Waals surface area contributed by atoms with Crippen molar-refractivity contribution < 1.29 is 9.15 Å². The minimum Gasteiger partial charge on any atom is -0.496 e. The van der Waals surface area contributed by atoms with E-state index in [2.05, 4.69) is 37.9 Å². The Morgan fingerprint density at radius 2 is 2.12 bits per heavy atom. The predicted octanol–water partition coefficient (Wildman–Crippen LogP) is 4.84. The third-order valence-corrected chi connectivity index (χ3v) is 4.50. The van der Waals surface area contributed by atoms with Crippen LogP contribution in [0, 0.1) is 6.92 Å². The number of hydrogen-bond donors (Lipinski definition) is 0. The molecule has 0 fully saturated rings. The molecule has 0 saturated carbocycles. The van der Waals surface area contributed by atoms with Crippen LogP contribution in [0.4, 0.5) is 0 Å². The number of aryl methyl sites for hydroxylation is 1. The number of furan rings is 1. The van der Waals surface area contributed by atoms with E-state index in [0.717, 1.165) is 26.9 Å². The van der Waals surface area contributed by atoms with Crippen molar-refractivity contribution in [2.24, 2.45) is 0 Å². The highest BCUT2D eigenvalue weighted by molar-refractivity contribution is 9.10. The third kappa shape index (κ3) is 2.58. The molecule has 0 aliphatic rings. The smallest absolute Gasteiger partial charge is 0.123 e. The molecule has 1 aromatic heterocycles. The van der Waals surface area contributed by atoms with E-state index in [9.17, 15) is 0 Å².